The molecule has 1 amide bonds. The van der Waals surface area contributed by atoms with Gasteiger partial charge in [-0.15, -0.1) is 0 Å². The van der Waals surface area contributed by atoms with E-state index in [4.69, 9.17) is 5.11 Å². The summed E-state index contributed by atoms with van der Waals surface area (Å²) in [6.07, 6.45) is 2.18. The van der Waals surface area contributed by atoms with Gasteiger partial charge in [0, 0.05) is 13.1 Å². The van der Waals surface area contributed by atoms with Crippen LogP contribution in [-0.4, -0.2) is 42.2 Å². The SMILES string of the molecule is O=C(CN1CCCc2ccccc2C1)NCCO. The lowest BCUT2D eigenvalue weighted by Crippen LogP contribution is -2.38. The standard InChI is InChI=1S/C14H20N2O2/c17-9-7-15-14(18)11-16-8-3-6-12-4-1-2-5-13(12)10-16/h1-2,4-5,17H,3,6-11H2,(H,15,18). The number of carbonyl (C=O) groups excluding carboxylic acids is 1. The number of rotatable bonds is 4. The highest BCUT2D eigenvalue weighted by Gasteiger charge is 2.15. The highest BCUT2D eigenvalue weighted by Crippen LogP contribution is 2.17. The maximum atomic E-state index is 11.6. The van der Waals surface area contributed by atoms with E-state index < -0.39 is 0 Å². The van der Waals surface area contributed by atoms with Gasteiger partial charge in [-0.1, -0.05) is 24.3 Å². The number of aryl methyl sites for hydroxylation is 1. The number of aliphatic hydroxyl groups excluding tert-OH is 1. The Balaban J connectivity index is 1.93. The van der Waals surface area contributed by atoms with Gasteiger partial charge in [-0.05, 0) is 30.5 Å². The summed E-state index contributed by atoms with van der Waals surface area (Å²) in [6, 6.07) is 8.43. The fraction of sp³-hybridized carbons (Fsp3) is 0.500. The summed E-state index contributed by atoms with van der Waals surface area (Å²) in [4.78, 5) is 13.8. The van der Waals surface area contributed by atoms with Gasteiger partial charge in [0.25, 0.3) is 0 Å². The van der Waals surface area contributed by atoms with Crippen molar-refractivity contribution in [3.63, 3.8) is 0 Å². The first kappa shape index (κ1) is 13.1. The van der Waals surface area contributed by atoms with Crippen LogP contribution in [0.1, 0.15) is 17.5 Å². The van der Waals surface area contributed by atoms with Crippen molar-refractivity contribution in [1.82, 2.24) is 10.2 Å². The first-order valence-corrected chi connectivity index (χ1v) is 6.46. The highest BCUT2D eigenvalue weighted by molar-refractivity contribution is 5.78. The van der Waals surface area contributed by atoms with Crippen molar-refractivity contribution in [2.45, 2.75) is 19.4 Å². The maximum Gasteiger partial charge on any atom is 0.234 e. The molecular weight excluding hydrogens is 228 g/mol. The quantitative estimate of drug-likeness (QED) is 0.818. The molecule has 0 bridgehead atoms. The summed E-state index contributed by atoms with van der Waals surface area (Å²) in [6.45, 7) is 2.52. The summed E-state index contributed by atoms with van der Waals surface area (Å²) >= 11 is 0. The predicted molar refractivity (Wildman–Crippen MR) is 70.1 cm³/mol. The third kappa shape index (κ3) is 3.55. The minimum absolute atomic E-state index is 0.00538. The molecule has 0 aliphatic carbocycles. The molecule has 0 unspecified atom stereocenters. The maximum absolute atomic E-state index is 11.6. The van der Waals surface area contributed by atoms with Crippen LogP contribution in [-0.2, 0) is 17.8 Å². The molecule has 4 heteroatoms. The molecule has 1 aliphatic heterocycles. The summed E-state index contributed by atoms with van der Waals surface area (Å²) in [5.41, 5.74) is 2.72. The zero-order valence-electron chi connectivity index (χ0n) is 10.6. The first-order chi connectivity index (χ1) is 8.79. The molecule has 1 aromatic carbocycles. The average Bonchev–Trinajstić information content (AvgIpc) is 2.57. The van der Waals surface area contributed by atoms with Crippen molar-refractivity contribution >= 4 is 5.91 Å². The van der Waals surface area contributed by atoms with Crippen LogP contribution in [0.4, 0.5) is 0 Å². The summed E-state index contributed by atoms with van der Waals surface area (Å²) in [5, 5.41) is 11.4. The van der Waals surface area contributed by atoms with Crippen LogP contribution in [0.2, 0.25) is 0 Å². The van der Waals surface area contributed by atoms with Crippen molar-refractivity contribution in [3.8, 4) is 0 Å². The number of benzene rings is 1. The third-order valence-electron chi connectivity index (χ3n) is 3.23. The van der Waals surface area contributed by atoms with Crippen molar-refractivity contribution in [2.75, 3.05) is 26.2 Å². The van der Waals surface area contributed by atoms with E-state index in [-0.39, 0.29) is 12.5 Å². The van der Waals surface area contributed by atoms with Gasteiger partial charge < -0.3 is 10.4 Å². The Kier molecular flexibility index (Phi) is 4.73. The minimum Gasteiger partial charge on any atom is -0.395 e. The second kappa shape index (κ2) is 6.52. The number of fused-ring (bicyclic) bond motifs is 1. The van der Waals surface area contributed by atoms with E-state index in [1.54, 1.807) is 0 Å². The molecule has 2 N–H and O–H groups in total. The van der Waals surface area contributed by atoms with Crippen LogP contribution >= 0.6 is 0 Å². The second-order valence-corrected chi connectivity index (χ2v) is 4.66. The Labute approximate surface area is 108 Å². The fourth-order valence-electron chi connectivity index (χ4n) is 2.36. The Morgan fingerprint density at radius 2 is 2.11 bits per heavy atom. The highest BCUT2D eigenvalue weighted by atomic mass is 16.3. The molecule has 2 rings (SSSR count). The van der Waals surface area contributed by atoms with Crippen LogP contribution in [0, 0.1) is 0 Å². The van der Waals surface area contributed by atoms with Gasteiger partial charge in [0.15, 0.2) is 0 Å². The van der Waals surface area contributed by atoms with Gasteiger partial charge >= 0.3 is 0 Å². The summed E-state index contributed by atoms with van der Waals surface area (Å²) in [7, 11) is 0. The lowest BCUT2D eigenvalue weighted by atomic mass is 10.0. The third-order valence-corrected chi connectivity index (χ3v) is 3.23. The molecule has 0 saturated heterocycles. The molecule has 98 valence electrons. The van der Waals surface area contributed by atoms with Gasteiger partial charge in [-0.25, -0.2) is 0 Å². The van der Waals surface area contributed by atoms with Crippen LogP contribution in [0.15, 0.2) is 24.3 Å². The molecule has 0 saturated carbocycles. The van der Waals surface area contributed by atoms with Crippen molar-refractivity contribution in [3.05, 3.63) is 35.4 Å². The summed E-state index contributed by atoms with van der Waals surface area (Å²) < 4.78 is 0. The van der Waals surface area contributed by atoms with Crippen LogP contribution < -0.4 is 5.32 Å². The lowest BCUT2D eigenvalue weighted by Gasteiger charge is -2.19. The van der Waals surface area contributed by atoms with Crippen LogP contribution in [0.25, 0.3) is 0 Å². The van der Waals surface area contributed by atoms with E-state index in [1.165, 1.54) is 11.1 Å². The zero-order chi connectivity index (χ0) is 12.8. The Morgan fingerprint density at radius 1 is 1.33 bits per heavy atom. The van der Waals surface area contributed by atoms with Crippen LogP contribution in [0.3, 0.4) is 0 Å². The van der Waals surface area contributed by atoms with Gasteiger partial charge in [0.2, 0.25) is 5.91 Å². The van der Waals surface area contributed by atoms with Gasteiger partial charge in [-0.2, -0.15) is 0 Å². The molecule has 18 heavy (non-hydrogen) atoms. The molecule has 0 aromatic heterocycles. The fourth-order valence-corrected chi connectivity index (χ4v) is 2.36. The van der Waals surface area contributed by atoms with Crippen molar-refractivity contribution < 1.29 is 9.90 Å². The van der Waals surface area contributed by atoms with E-state index in [2.05, 4.69) is 28.4 Å². The van der Waals surface area contributed by atoms with Crippen molar-refractivity contribution in [2.24, 2.45) is 0 Å². The molecule has 1 aliphatic rings. The molecule has 1 heterocycles. The van der Waals surface area contributed by atoms with E-state index >= 15 is 0 Å². The predicted octanol–water partition coefficient (Wildman–Crippen LogP) is 0.543. The molecule has 0 fully saturated rings. The van der Waals surface area contributed by atoms with E-state index in [9.17, 15) is 4.79 Å². The molecule has 4 nitrogen and oxygen atoms in total. The van der Waals surface area contributed by atoms with E-state index in [0.29, 0.717) is 13.1 Å². The number of carbonyl (C=O) groups is 1. The van der Waals surface area contributed by atoms with Crippen LogP contribution in [0.5, 0.6) is 0 Å². The van der Waals surface area contributed by atoms with Gasteiger partial charge in [0.1, 0.15) is 0 Å². The molecule has 1 aromatic rings. The number of nitrogens with zero attached hydrogens (tertiary/aromatic N) is 1. The Hall–Kier alpha value is -1.39. The molecular formula is C14H20N2O2. The number of nitrogens with one attached hydrogen (secondary N) is 1. The Morgan fingerprint density at radius 3 is 2.89 bits per heavy atom. The molecule has 0 radical (unpaired) electrons. The number of hydrogen-bond donors (Lipinski definition) is 2. The second-order valence-electron chi connectivity index (χ2n) is 4.66. The monoisotopic (exact) mass is 248 g/mol. The minimum atomic E-state index is -0.0107. The van der Waals surface area contributed by atoms with E-state index in [0.717, 1.165) is 25.9 Å². The van der Waals surface area contributed by atoms with E-state index in [1.807, 2.05) is 6.07 Å². The van der Waals surface area contributed by atoms with Gasteiger partial charge in [-0.3, -0.25) is 9.69 Å². The number of hydrogen-bond acceptors (Lipinski definition) is 3. The van der Waals surface area contributed by atoms with Gasteiger partial charge in [0.05, 0.1) is 13.2 Å². The summed E-state index contributed by atoms with van der Waals surface area (Å²) in [5.74, 6) is -0.0107. The number of aliphatic hydroxyl groups is 1. The normalized spacial score (nSPS) is 15.8. The number of amides is 1. The smallest absolute Gasteiger partial charge is 0.234 e. The molecule has 0 spiro atoms. The molecule has 0 atom stereocenters. The zero-order valence-corrected chi connectivity index (χ0v) is 10.6. The van der Waals surface area contributed by atoms with Crippen molar-refractivity contribution in [1.29, 1.82) is 0 Å². The largest absolute Gasteiger partial charge is 0.395 e. The first-order valence-electron chi connectivity index (χ1n) is 6.46. The Bertz CT molecular complexity index is 407. The average molecular weight is 248 g/mol. The lowest BCUT2D eigenvalue weighted by molar-refractivity contribution is -0.122. The topological polar surface area (TPSA) is 52.6 Å².